The molecular formula is C17H25N3O3S. The van der Waals surface area contributed by atoms with Gasteiger partial charge in [0.1, 0.15) is 0 Å². The Balaban J connectivity index is 1.89. The molecule has 132 valence electrons. The normalized spacial score (nSPS) is 22.3. The van der Waals surface area contributed by atoms with Gasteiger partial charge in [0.2, 0.25) is 10.0 Å². The van der Waals surface area contributed by atoms with Gasteiger partial charge in [0.05, 0.1) is 11.4 Å². The Morgan fingerprint density at radius 2 is 1.96 bits per heavy atom. The predicted molar refractivity (Wildman–Crippen MR) is 94.0 cm³/mol. The van der Waals surface area contributed by atoms with Crippen molar-refractivity contribution in [3.05, 3.63) is 30.3 Å². The average Bonchev–Trinajstić information content (AvgIpc) is 2.50. The lowest BCUT2D eigenvalue weighted by Gasteiger charge is -2.34. The Labute approximate surface area is 143 Å². The molecule has 1 aliphatic carbocycles. The highest BCUT2D eigenvalue weighted by Gasteiger charge is 2.29. The summed E-state index contributed by atoms with van der Waals surface area (Å²) in [5, 5.41) is 4.18. The van der Waals surface area contributed by atoms with Crippen LogP contribution in [0.5, 0.6) is 0 Å². The van der Waals surface area contributed by atoms with Crippen LogP contribution in [-0.2, 0) is 14.8 Å². The molecule has 1 atom stereocenters. The molecule has 1 aromatic rings. The van der Waals surface area contributed by atoms with Gasteiger partial charge in [0.15, 0.2) is 0 Å². The highest BCUT2D eigenvalue weighted by Crippen LogP contribution is 2.36. The van der Waals surface area contributed by atoms with Crippen molar-refractivity contribution >= 4 is 21.6 Å². The number of rotatable bonds is 5. The van der Waals surface area contributed by atoms with E-state index in [9.17, 15) is 13.2 Å². The van der Waals surface area contributed by atoms with Gasteiger partial charge in [-0.3, -0.25) is 4.79 Å². The minimum absolute atomic E-state index is 0.131. The summed E-state index contributed by atoms with van der Waals surface area (Å²) < 4.78 is 26.4. The third-order valence-corrected chi connectivity index (χ3v) is 5.40. The van der Waals surface area contributed by atoms with Crippen LogP contribution < -0.4 is 10.1 Å². The van der Waals surface area contributed by atoms with Gasteiger partial charge >= 0.3 is 0 Å². The first-order valence-electron chi connectivity index (χ1n) is 8.07. The van der Waals surface area contributed by atoms with E-state index < -0.39 is 15.9 Å². The molecule has 1 aromatic carbocycles. The molecule has 7 heteroatoms. The monoisotopic (exact) mass is 351 g/mol. The largest absolute Gasteiger partial charge is 0.272 e. The number of nitrogens with zero attached hydrogens (tertiary/aromatic N) is 1. The van der Waals surface area contributed by atoms with E-state index in [-0.39, 0.29) is 16.9 Å². The van der Waals surface area contributed by atoms with Crippen molar-refractivity contribution in [1.29, 1.82) is 0 Å². The zero-order valence-corrected chi connectivity index (χ0v) is 15.2. The van der Waals surface area contributed by atoms with Crippen LogP contribution in [-0.4, -0.2) is 26.6 Å². The molecule has 1 amide bonds. The Morgan fingerprint density at radius 3 is 2.58 bits per heavy atom. The van der Waals surface area contributed by atoms with Crippen LogP contribution in [0, 0.1) is 11.3 Å². The third-order valence-electron chi connectivity index (χ3n) is 3.98. The van der Waals surface area contributed by atoms with Crippen LogP contribution in [0.2, 0.25) is 0 Å². The Hall–Kier alpha value is -1.73. The molecule has 0 aliphatic heterocycles. The highest BCUT2D eigenvalue weighted by molar-refractivity contribution is 7.89. The van der Waals surface area contributed by atoms with Crippen molar-refractivity contribution in [2.45, 2.75) is 44.9 Å². The molecule has 1 fully saturated rings. The van der Waals surface area contributed by atoms with E-state index >= 15 is 0 Å². The minimum Gasteiger partial charge on any atom is -0.272 e. The van der Waals surface area contributed by atoms with Gasteiger partial charge in [-0.15, -0.1) is 0 Å². The first-order valence-corrected chi connectivity index (χ1v) is 9.55. The number of carbonyl (C=O) groups excluding carboxylic acids is 1. The summed E-state index contributed by atoms with van der Waals surface area (Å²) >= 11 is 0. The summed E-state index contributed by atoms with van der Waals surface area (Å²) in [6.07, 6.45) is 2.84. The molecule has 2 rings (SSSR count). The van der Waals surface area contributed by atoms with E-state index in [1.165, 1.54) is 12.1 Å². The van der Waals surface area contributed by atoms with Crippen molar-refractivity contribution in [1.82, 2.24) is 10.1 Å². The van der Waals surface area contributed by atoms with Gasteiger partial charge < -0.3 is 0 Å². The van der Waals surface area contributed by atoms with E-state index in [1.54, 1.807) is 18.2 Å². The first kappa shape index (κ1) is 18.6. The fraction of sp³-hybridized carbons (Fsp3) is 0.529. The standard InChI is InChI=1S/C17H25N3O3S/c1-13-9-14(11-17(2,3)10-13)19-20-16(21)12-18-24(22,23)15-7-5-4-6-8-15/h4-8,13,18H,9-12H2,1-3H3,(H,20,21)/b19-14-/t13-/m1/s1. The number of amides is 1. The number of benzene rings is 1. The van der Waals surface area contributed by atoms with Crippen molar-refractivity contribution < 1.29 is 13.2 Å². The lowest BCUT2D eigenvalue weighted by Crippen LogP contribution is -2.36. The van der Waals surface area contributed by atoms with Crippen LogP contribution >= 0.6 is 0 Å². The zero-order chi connectivity index (χ0) is 17.8. The molecule has 0 bridgehead atoms. The summed E-state index contributed by atoms with van der Waals surface area (Å²) in [4.78, 5) is 12.0. The topological polar surface area (TPSA) is 87.6 Å². The van der Waals surface area contributed by atoms with Gasteiger partial charge in [0, 0.05) is 5.71 Å². The number of carbonyl (C=O) groups is 1. The van der Waals surface area contributed by atoms with Crippen LogP contribution in [0.25, 0.3) is 0 Å². The molecule has 24 heavy (non-hydrogen) atoms. The number of nitrogens with one attached hydrogen (secondary N) is 2. The van der Waals surface area contributed by atoms with Gasteiger partial charge in [-0.25, -0.2) is 18.6 Å². The second kappa shape index (κ2) is 7.44. The smallest absolute Gasteiger partial charge is 0.255 e. The van der Waals surface area contributed by atoms with Crippen molar-refractivity contribution in [2.24, 2.45) is 16.4 Å². The zero-order valence-electron chi connectivity index (χ0n) is 14.4. The van der Waals surface area contributed by atoms with E-state index in [2.05, 4.69) is 36.0 Å². The third kappa shape index (κ3) is 5.42. The molecule has 1 saturated carbocycles. The second-order valence-electron chi connectivity index (χ2n) is 7.21. The number of hydrogen-bond acceptors (Lipinski definition) is 4. The number of hydrazone groups is 1. The van der Waals surface area contributed by atoms with Crippen LogP contribution in [0.1, 0.15) is 40.0 Å². The van der Waals surface area contributed by atoms with Gasteiger partial charge in [-0.1, -0.05) is 39.0 Å². The van der Waals surface area contributed by atoms with E-state index in [0.717, 1.165) is 25.0 Å². The molecule has 1 aliphatic rings. The molecular weight excluding hydrogens is 326 g/mol. The molecule has 0 saturated heterocycles. The fourth-order valence-electron chi connectivity index (χ4n) is 3.22. The number of sulfonamides is 1. The summed E-state index contributed by atoms with van der Waals surface area (Å²) in [6.45, 7) is 6.21. The molecule has 0 radical (unpaired) electrons. The van der Waals surface area contributed by atoms with Crippen LogP contribution in [0.3, 0.4) is 0 Å². The summed E-state index contributed by atoms with van der Waals surface area (Å²) in [5.74, 6) is 0.0547. The maximum Gasteiger partial charge on any atom is 0.255 e. The Morgan fingerprint density at radius 1 is 1.29 bits per heavy atom. The lowest BCUT2D eigenvalue weighted by atomic mass is 9.72. The lowest BCUT2D eigenvalue weighted by molar-refractivity contribution is -0.119. The second-order valence-corrected chi connectivity index (χ2v) is 8.97. The minimum atomic E-state index is -3.69. The summed E-state index contributed by atoms with van der Waals surface area (Å²) in [6, 6.07) is 7.95. The van der Waals surface area contributed by atoms with Crippen molar-refractivity contribution in [2.75, 3.05) is 6.54 Å². The molecule has 0 unspecified atom stereocenters. The van der Waals surface area contributed by atoms with Crippen molar-refractivity contribution in [3.63, 3.8) is 0 Å². The van der Waals surface area contributed by atoms with Gasteiger partial charge in [-0.05, 0) is 42.7 Å². The van der Waals surface area contributed by atoms with Gasteiger partial charge in [0.25, 0.3) is 5.91 Å². The SMILES string of the molecule is C[C@@H]1C/C(=N/NC(=O)CNS(=O)(=O)c2ccccc2)CC(C)(C)C1. The summed E-state index contributed by atoms with van der Waals surface area (Å²) in [7, 11) is -3.69. The van der Waals surface area contributed by atoms with E-state index in [4.69, 9.17) is 0 Å². The summed E-state index contributed by atoms with van der Waals surface area (Å²) in [5.41, 5.74) is 3.59. The molecule has 0 spiro atoms. The maximum absolute atomic E-state index is 12.0. The Bertz CT molecular complexity index is 712. The fourth-order valence-corrected chi connectivity index (χ4v) is 4.23. The van der Waals surface area contributed by atoms with Crippen LogP contribution in [0.15, 0.2) is 40.3 Å². The highest BCUT2D eigenvalue weighted by atomic mass is 32.2. The van der Waals surface area contributed by atoms with Crippen molar-refractivity contribution in [3.8, 4) is 0 Å². The molecule has 2 N–H and O–H groups in total. The molecule has 6 nitrogen and oxygen atoms in total. The van der Waals surface area contributed by atoms with E-state index in [1.807, 2.05) is 0 Å². The first-order chi connectivity index (χ1) is 11.2. The van der Waals surface area contributed by atoms with Gasteiger partial charge in [-0.2, -0.15) is 5.10 Å². The average molecular weight is 351 g/mol. The predicted octanol–water partition coefficient (Wildman–Crippen LogP) is 2.28. The Kier molecular flexibility index (Phi) is 5.77. The maximum atomic E-state index is 12.0. The molecule has 0 heterocycles. The quantitative estimate of drug-likeness (QED) is 0.798. The number of hydrogen-bond donors (Lipinski definition) is 2. The molecule has 0 aromatic heterocycles. The van der Waals surface area contributed by atoms with Crippen LogP contribution in [0.4, 0.5) is 0 Å². The van der Waals surface area contributed by atoms with E-state index in [0.29, 0.717) is 5.92 Å².